The van der Waals surface area contributed by atoms with Gasteiger partial charge in [0.25, 0.3) is 0 Å². The van der Waals surface area contributed by atoms with Gasteiger partial charge < -0.3 is 14.6 Å². The van der Waals surface area contributed by atoms with Gasteiger partial charge in [0.05, 0.1) is 12.0 Å². The van der Waals surface area contributed by atoms with Crippen LogP contribution in [0, 0.1) is 6.92 Å². The van der Waals surface area contributed by atoms with Crippen molar-refractivity contribution in [1.29, 1.82) is 0 Å². The molecule has 1 aromatic heterocycles. The second-order valence-electron chi connectivity index (χ2n) is 11.1. The maximum absolute atomic E-state index is 12.4. The summed E-state index contributed by atoms with van der Waals surface area (Å²) in [6.45, 7) is 7.42. The number of hydrogen-bond donors (Lipinski definition) is 1. The van der Waals surface area contributed by atoms with Gasteiger partial charge in [0.2, 0.25) is 0 Å². The molecule has 0 radical (unpaired) electrons. The summed E-state index contributed by atoms with van der Waals surface area (Å²) in [5.41, 5.74) is 7.09. The largest absolute Gasteiger partial charge is 0.465 e. The van der Waals surface area contributed by atoms with Crippen LogP contribution < -0.4 is 5.32 Å². The number of piperidine rings is 1. The lowest BCUT2D eigenvalue weighted by atomic mass is 9.93. The van der Waals surface area contributed by atoms with Crippen molar-refractivity contribution < 1.29 is 14.1 Å². The topological polar surface area (TPSA) is 67.6 Å². The smallest absolute Gasteiger partial charge is 0.316 e. The number of hydrogen-bond acceptors (Lipinski definition) is 6. The second-order valence-corrected chi connectivity index (χ2v) is 11.1. The number of nitrogens with zero attached hydrogens (tertiary/aromatic N) is 2. The number of benzene rings is 3. The number of aryl methyl sites for hydroxylation is 1. The first-order valence-corrected chi connectivity index (χ1v) is 14.4. The Morgan fingerprint density at radius 3 is 2.20 bits per heavy atom. The Bertz CT molecular complexity index is 1430. The zero-order valence-corrected chi connectivity index (χ0v) is 23.4. The van der Waals surface area contributed by atoms with Gasteiger partial charge in [0.1, 0.15) is 11.4 Å². The number of rotatable bonds is 9. The summed E-state index contributed by atoms with van der Waals surface area (Å²) >= 11 is 0. The van der Waals surface area contributed by atoms with Gasteiger partial charge in [-0.2, -0.15) is 0 Å². The molecule has 6 rings (SSSR count). The van der Waals surface area contributed by atoms with E-state index in [1.807, 2.05) is 13.8 Å². The maximum Gasteiger partial charge on any atom is 0.316 e. The van der Waals surface area contributed by atoms with Crippen LogP contribution >= 0.6 is 0 Å². The van der Waals surface area contributed by atoms with Gasteiger partial charge >= 0.3 is 5.97 Å². The third kappa shape index (κ3) is 5.41. The Balaban J connectivity index is 1.10. The number of anilines is 1. The van der Waals surface area contributed by atoms with Crippen LogP contribution in [0.1, 0.15) is 49.4 Å². The molecular formula is C34H37N3O3. The number of ether oxygens (including phenoxy) is 1. The summed E-state index contributed by atoms with van der Waals surface area (Å²) in [4.78, 5) is 15.0. The van der Waals surface area contributed by atoms with Crippen LogP contribution in [-0.4, -0.2) is 41.8 Å². The molecule has 6 heteroatoms. The lowest BCUT2D eigenvalue weighted by Crippen LogP contribution is -2.38. The van der Waals surface area contributed by atoms with E-state index >= 15 is 0 Å². The van der Waals surface area contributed by atoms with E-state index in [9.17, 15) is 4.79 Å². The maximum atomic E-state index is 12.4. The SMILES string of the molecule is CCOC(=O)C1(c2ccc(-c3ccc(-c4onc(C)c4NC4CCN(Cc5ccccc5)CC4)cc3)cc2)CC1. The molecule has 40 heavy (non-hydrogen) atoms. The summed E-state index contributed by atoms with van der Waals surface area (Å²) in [6, 6.07) is 27.8. The molecule has 1 N–H and O–H groups in total. The van der Waals surface area contributed by atoms with Crippen molar-refractivity contribution in [2.75, 3.05) is 25.0 Å². The third-order valence-electron chi connectivity index (χ3n) is 8.38. The third-order valence-corrected chi connectivity index (χ3v) is 8.38. The molecule has 0 unspecified atom stereocenters. The molecule has 4 aromatic rings. The number of likely N-dealkylation sites (tertiary alicyclic amines) is 1. The van der Waals surface area contributed by atoms with Crippen molar-refractivity contribution >= 4 is 11.7 Å². The fourth-order valence-electron chi connectivity index (χ4n) is 5.82. The average Bonchev–Trinajstić information content (AvgIpc) is 3.73. The van der Waals surface area contributed by atoms with E-state index < -0.39 is 5.41 Å². The van der Waals surface area contributed by atoms with Crippen molar-refractivity contribution in [2.45, 2.75) is 57.5 Å². The van der Waals surface area contributed by atoms with Gasteiger partial charge in [-0.25, -0.2) is 0 Å². The Kier molecular flexibility index (Phi) is 7.44. The molecule has 2 aliphatic rings. The van der Waals surface area contributed by atoms with E-state index in [1.54, 1.807) is 0 Å². The minimum atomic E-state index is -0.440. The minimum absolute atomic E-state index is 0.100. The zero-order chi connectivity index (χ0) is 27.5. The van der Waals surface area contributed by atoms with Gasteiger partial charge in [0, 0.05) is 31.2 Å². The lowest BCUT2D eigenvalue weighted by molar-refractivity contribution is -0.146. The molecule has 1 aliphatic carbocycles. The predicted octanol–water partition coefficient (Wildman–Crippen LogP) is 6.99. The fraction of sp³-hybridized carbons (Fsp3) is 0.353. The van der Waals surface area contributed by atoms with Crippen LogP contribution in [0.2, 0.25) is 0 Å². The first kappa shape index (κ1) is 26.3. The molecule has 6 nitrogen and oxygen atoms in total. The van der Waals surface area contributed by atoms with Crippen molar-refractivity contribution in [3.63, 3.8) is 0 Å². The van der Waals surface area contributed by atoms with Gasteiger partial charge in [-0.15, -0.1) is 0 Å². The molecule has 1 saturated carbocycles. The monoisotopic (exact) mass is 535 g/mol. The predicted molar refractivity (Wildman–Crippen MR) is 158 cm³/mol. The van der Waals surface area contributed by atoms with Gasteiger partial charge in [-0.05, 0) is 61.8 Å². The van der Waals surface area contributed by atoms with Crippen LogP contribution in [0.15, 0.2) is 83.4 Å². The number of nitrogens with one attached hydrogen (secondary N) is 1. The van der Waals surface area contributed by atoms with Gasteiger partial charge in [-0.3, -0.25) is 9.69 Å². The summed E-state index contributed by atoms with van der Waals surface area (Å²) in [6.07, 6.45) is 3.89. The molecule has 0 spiro atoms. The number of aromatic nitrogens is 1. The molecule has 0 atom stereocenters. The number of esters is 1. The van der Waals surface area contributed by atoms with Crippen molar-refractivity contribution in [3.05, 3.63) is 95.7 Å². The van der Waals surface area contributed by atoms with E-state index in [4.69, 9.17) is 9.26 Å². The highest BCUT2D eigenvalue weighted by Gasteiger charge is 2.52. The highest BCUT2D eigenvalue weighted by Crippen LogP contribution is 2.49. The quantitative estimate of drug-likeness (QED) is 0.233. The molecule has 0 bridgehead atoms. The van der Waals surface area contributed by atoms with E-state index in [0.717, 1.165) is 84.7 Å². The van der Waals surface area contributed by atoms with Crippen LogP contribution in [0.5, 0.6) is 0 Å². The second kappa shape index (κ2) is 11.3. The standard InChI is InChI=1S/C34H37N3O3/c1-3-39-33(38)34(19-20-34)29-15-13-27(14-16-29)26-9-11-28(12-10-26)32-31(24(2)36-40-32)35-30-17-21-37(22-18-30)23-25-7-5-4-6-8-25/h4-16,30,35H,3,17-23H2,1-2H3. The molecule has 0 amide bonds. The van der Waals surface area contributed by atoms with Crippen LogP contribution in [0.3, 0.4) is 0 Å². The Morgan fingerprint density at radius 2 is 1.57 bits per heavy atom. The van der Waals surface area contributed by atoms with Crippen molar-refractivity contribution in [2.24, 2.45) is 0 Å². The first-order chi connectivity index (χ1) is 19.6. The first-order valence-electron chi connectivity index (χ1n) is 14.4. The number of carbonyl (C=O) groups excluding carboxylic acids is 1. The van der Waals surface area contributed by atoms with Gasteiger partial charge in [-0.1, -0.05) is 84.0 Å². The van der Waals surface area contributed by atoms with Crippen molar-refractivity contribution in [1.82, 2.24) is 10.1 Å². The molecule has 206 valence electrons. The van der Waals surface area contributed by atoms with Crippen LogP contribution in [0.25, 0.3) is 22.5 Å². The fourth-order valence-corrected chi connectivity index (χ4v) is 5.82. The number of carbonyl (C=O) groups is 1. The molecule has 2 heterocycles. The molecule has 3 aromatic carbocycles. The summed E-state index contributed by atoms with van der Waals surface area (Å²) in [7, 11) is 0. The summed E-state index contributed by atoms with van der Waals surface area (Å²) in [5, 5.41) is 8.04. The average molecular weight is 536 g/mol. The molecule has 2 fully saturated rings. The zero-order valence-electron chi connectivity index (χ0n) is 23.4. The summed E-state index contributed by atoms with van der Waals surface area (Å²) in [5.74, 6) is 0.688. The van der Waals surface area contributed by atoms with Gasteiger partial charge in [0.15, 0.2) is 5.76 Å². The van der Waals surface area contributed by atoms with Crippen LogP contribution in [0.4, 0.5) is 5.69 Å². The van der Waals surface area contributed by atoms with Crippen LogP contribution in [-0.2, 0) is 21.5 Å². The van der Waals surface area contributed by atoms with E-state index in [1.165, 1.54) is 5.56 Å². The van der Waals surface area contributed by atoms with E-state index in [2.05, 4.69) is 94.2 Å². The Morgan fingerprint density at radius 1 is 0.950 bits per heavy atom. The summed E-state index contributed by atoms with van der Waals surface area (Å²) < 4.78 is 11.1. The molecule has 1 saturated heterocycles. The minimum Gasteiger partial charge on any atom is -0.465 e. The Hall–Kier alpha value is -3.90. The lowest BCUT2D eigenvalue weighted by Gasteiger charge is -2.32. The highest BCUT2D eigenvalue weighted by molar-refractivity contribution is 5.87. The van der Waals surface area contributed by atoms with E-state index in [0.29, 0.717) is 12.6 Å². The van der Waals surface area contributed by atoms with Crippen molar-refractivity contribution in [3.8, 4) is 22.5 Å². The molecular weight excluding hydrogens is 498 g/mol. The highest BCUT2D eigenvalue weighted by atomic mass is 16.5. The van der Waals surface area contributed by atoms with E-state index in [-0.39, 0.29) is 5.97 Å². The molecule has 1 aliphatic heterocycles. The normalized spacial score (nSPS) is 16.9. The Labute approximate surface area is 236 Å².